The highest BCUT2D eigenvalue weighted by Gasteiger charge is 0.726. The van der Waals surface area contributed by atoms with Crippen molar-refractivity contribution in [3.05, 3.63) is 0 Å². The molecule has 28 valence electrons. The first kappa shape index (κ1) is 34.2. The fourth-order valence-corrected chi connectivity index (χ4v) is 0. The summed E-state index contributed by atoms with van der Waals surface area (Å²) in [5, 5.41) is 0. The number of rotatable bonds is 0. The second kappa shape index (κ2) is 5150. The van der Waals surface area contributed by atoms with Crippen molar-refractivity contribution in [2.75, 3.05) is 0 Å². The zero-order chi connectivity index (χ0) is 2.00. The van der Waals surface area contributed by atoms with E-state index < -0.39 is 0 Å². The third kappa shape index (κ3) is 908. The van der Waals surface area contributed by atoms with E-state index in [1.807, 2.05) is 0 Å². The lowest BCUT2D eigenvalue weighted by Gasteiger charge is -1.27. The molecule has 0 rings (SSSR count). The quantitative estimate of drug-likeness (QED) is 0.171. The molecule has 0 saturated carbocycles. The maximum atomic E-state index is 4.00. The van der Waals surface area contributed by atoms with Crippen LogP contribution in [0.3, 0.4) is 0 Å². The molecule has 0 aliphatic heterocycles. The first-order valence-corrected chi connectivity index (χ1v) is 0.333. The second-order valence-electron chi connectivity index (χ2n) is 0. The fourth-order valence-electron chi connectivity index (χ4n) is 0. The van der Waals surface area contributed by atoms with Crippen LogP contribution in [0.15, 0.2) is 0 Å². The molecule has 4 heavy (non-hydrogen) atoms. The summed E-state index contributed by atoms with van der Waals surface area (Å²) in [5.74, 6) is 8.00. The van der Waals surface area contributed by atoms with E-state index in [2.05, 4.69) is 11.7 Å². The number of hydrogen-bond donors (Lipinski definition) is 2. The Balaban J connectivity index is -0.00000000500. The molecule has 0 radical (unpaired) electrons. The van der Waals surface area contributed by atoms with E-state index >= 15 is 0 Å². The van der Waals surface area contributed by atoms with Crippen LogP contribution < -0.4 is 11.7 Å². The molecule has 0 aromatic rings. The van der Waals surface area contributed by atoms with Crippen molar-refractivity contribution in [2.45, 2.75) is 0 Å². The maximum Gasteiger partial charge on any atom is 0.0814 e. The third-order valence-electron chi connectivity index (χ3n) is 0. The van der Waals surface area contributed by atoms with Gasteiger partial charge in [-0.1, -0.05) is 8.41 Å². The molecule has 0 amide bonds. The minimum absolute atomic E-state index is 0. The van der Waals surface area contributed by atoms with E-state index in [1.54, 1.807) is 0 Å². The lowest BCUT2D eigenvalue weighted by atomic mass is 10.8. The van der Waals surface area contributed by atoms with Gasteiger partial charge in [0.2, 0.25) is 0 Å². The van der Waals surface area contributed by atoms with E-state index in [1.165, 1.54) is 0 Å². The molecule has 0 aliphatic carbocycles. The number of nitrogens with two attached hydrogens (primary N) is 2. The average Bonchev–Trinajstić information content (AvgIpc) is 1.00. The van der Waals surface area contributed by atoms with Gasteiger partial charge in [0.15, 0.2) is 0 Å². The molecule has 0 bridgehead atoms. The van der Waals surface area contributed by atoms with Gasteiger partial charge in [0.25, 0.3) is 0 Å². The van der Waals surface area contributed by atoms with Gasteiger partial charge in [-0.25, -0.2) is 0 Å². The predicted molar refractivity (Wildman–Crippen MR) is 29.6 cm³/mol. The highest BCUT2D eigenvalue weighted by molar-refractivity contribution is 5.76. The van der Waals surface area contributed by atoms with Crippen LogP contribution in [0.4, 0.5) is 0 Å². The van der Waals surface area contributed by atoms with Gasteiger partial charge in [0.1, 0.15) is 0 Å². The van der Waals surface area contributed by atoms with E-state index in [0.29, 0.717) is 0 Å². The smallest absolute Gasteiger partial charge is 0.0814 e. The van der Waals surface area contributed by atoms with E-state index in [4.69, 9.17) is 0 Å². The third-order valence-corrected chi connectivity index (χ3v) is 0. The Morgan fingerprint density at radius 1 is 1.00 bits per heavy atom. The Kier molecular flexibility index (Phi) is 44000. The molecule has 0 heterocycles. The minimum atomic E-state index is 0. The van der Waals surface area contributed by atoms with Crippen LogP contribution in [-0.2, 0) is 0 Å². The summed E-state index contributed by atoms with van der Waals surface area (Å²) in [6.45, 7) is 0. The first-order chi connectivity index (χ1) is 1.00. The van der Waals surface area contributed by atoms with Crippen LogP contribution in [-0.4, -0.2) is 16.8 Å². The van der Waals surface area contributed by atoms with Crippen LogP contribution in [0.5, 0.6) is 0 Å². The average molecular weight is 60.7 g/mol. The largest absolute Gasteiger partial charge is 0.274 e. The Bertz CT molecular complexity index is 4.00. The normalized spacial score (nSPS) is 1.50. The molecule has 0 unspecified atom stereocenters. The molecular weight excluding hydrogens is 49.6 g/mol. The molecule has 0 aromatic heterocycles. The van der Waals surface area contributed by atoms with Crippen LogP contribution in [0.2, 0.25) is 0 Å². The first-order valence-electron chi connectivity index (χ1n) is 0.333. The van der Waals surface area contributed by atoms with Crippen LogP contribution in [0.25, 0.3) is 0 Å². The van der Waals surface area contributed by atoms with E-state index in [-0.39, 0.29) is 16.8 Å². The lowest BCUT2D eigenvalue weighted by Crippen LogP contribution is -2.02. The monoisotopic (exact) mass is 61.1 g/mol. The minimum Gasteiger partial charge on any atom is -0.274 e. The lowest BCUT2D eigenvalue weighted by molar-refractivity contribution is 1.26. The van der Waals surface area contributed by atoms with Crippen molar-refractivity contribution in [1.82, 2.24) is 0 Å². The molecular formula is H11B2N2-. The second-order valence-corrected chi connectivity index (χ2v) is 0. The molecule has 0 atom stereocenters. The van der Waals surface area contributed by atoms with Crippen molar-refractivity contribution >= 4 is 16.8 Å². The van der Waals surface area contributed by atoms with Gasteiger partial charge < -0.3 is 0 Å². The molecule has 0 aromatic carbocycles. The molecule has 0 spiro atoms. The summed E-state index contributed by atoms with van der Waals surface area (Å²) < 4.78 is 0. The Morgan fingerprint density at radius 2 is 1.00 bits per heavy atom. The van der Waals surface area contributed by atoms with Crippen molar-refractivity contribution in [3.63, 3.8) is 0 Å². The Hall–Kier alpha value is 0.0499. The Morgan fingerprint density at radius 3 is 1.00 bits per heavy atom. The van der Waals surface area contributed by atoms with E-state index in [0.717, 1.165) is 0 Å². The Labute approximate surface area is 29.7 Å². The van der Waals surface area contributed by atoms with Gasteiger partial charge in [-0.2, -0.15) is 0 Å². The van der Waals surface area contributed by atoms with Gasteiger partial charge >= 0.3 is 0 Å². The standard InChI is InChI=1S/BH4.BH3.H4N2/c;;1-2/h1H4;1H3;1-2H2/q-1;;. The van der Waals surface area contributed by atoms with Crippen molar-refractivity contribution in [2.24, 2.45) is 11.7 Å². The summed E-state index contributed by atoms with van der Waals surface area (Å²) in [7, 11) is 0. The van der Waals surface area contributed by atoms with E-state index in [9.17, 15) is 0 Å². The molecule has 0 fully saturated rings. The highest BCUT2D eigenvalue weighted by Crippen LogP contribution is -0.0190. The number of hydrogen-bond acceptors (Lipinski definition) is 2. The van der Waals surface area contributed by atoms with Crippen LogP contribution in [0.1, 0.15) is 0 Å². The number of hydrazine groups is 1. The van der Waals surface area contributed by atoms with Gasteiger partial charge in [0.05, 0.1) is 8.41 Å². The predicted octanol–water partition coefficient (Wildman–Crippen LogP) is -3.82. The van der Waals surface area contributed by atoms with Crippen molar-refractivity contribution < 1.29 is 0 Å². The van der Waals surface area contributed by atoms with Crippen molar-refractivity contribution in [1.29, 1.82) is 0 Å². The SMILES string of the molecule is B.NN.[BH4-]. The molecule has 4 heteroatoms. The summed E-state index contributed by atoms with van der Waals surface area (Å²) >= 11 is 0. The highest BCUT2D eigenvalue weighted by atomic mass is 15.0. The molecule has 4 N–H and O–H groups in total. The molecule has 0 saturated heterocycles. The van der Waals surface area contributed by atoms with Gasteiger partial charge in [-0.15, -0.1) is 0 Å². The molecule has 2 nitrogen and oxygen atoms in total. The van der Waals surface area contributed by atoms with Gasteiger partial charge in [-0.3, -0.25) is 11.7 Å². The zero-order valence-corrected chi connectivity index (χ0v) is 1.15. The van der Waals surface area contributed by atoms with Crippen molar-refractivity contribution in [3.8, 4) is 0 Å². The summed E-state index contributed by atoms with van der Waals surface area (Å²) in [6.07, 6.45) is 0. The fraction of sp³-hybridized carbons (Fsp3) is 0. The maximum absolute atomic E-state index is 4.00. The molecule has 0 aliphatic rings. The summed E-state index contributed by atoms with van der Waals surface area (Å²) in [6, 6.07) is 0. The summed E-state index contributed by atoms with van der Waals surface area (Å²) in [5.41, 5.74) is 0. The topological polar surface area (TPSA) is 52.0 Å². The summed E-state index contributed by atoms with van der Waals surface area (Å²) in [4.78, 5) is 0. The van der Waals surface area contributed by atoms with Gasteiger partial charge in [-0.05, 0) is 0 Å². The zero-order valence-electron chi connectivity index (χ0n) is 1.15. The van der Waals surface area contributed by atoms with Crippen LogP contribution in [0, 0.1) is 0 Å². The van der Waals surface area contributed by atoms with Crippen LogP contribution >= 0.6 is 0 Å². The van der Waals surface area contributed by atoms with Gasteiger partial charge in [0, 0.05) is 0 Å².